The van der Waals surface area contributed by atoms with Crippen LogP contribution in [0.5, 0.6) is 0 Å². The SMILES string of the molecule is c1ccc(-c2ccc(-c3c4ccccc4c4c5c(cccc35)C3(c5ccccc5-c5ccccc53)c3ccccc3-4)cc2)cc1. The van der Waals surface area contributed by atoms with E-state index in [1.54, 1.807) is 0 Å². The molecule has 0 saturated heterocycles. The monoisotopic (exact) mass is 568 g/mol. The molecule has 0 fully saturated rings. The molecule has 2 aliphatic rings. The van der Waals surface area contributed by atoms with Crippen molar-refractivity contribution in [2.45, 2.75) is 5.41 Å². The number of rotatable bonds is 2. The number of hydrogen-bond donors (Lipinski definition) is 0. The van der Waals surface area contributed by atoms with Crippen molar-refractivity contribution in [3.8, 4) is 44.5 Å². The zero-order chi connectivity index (χ0) is 29.5. The molecule has 0 aliphatic heterocycles. The van der Waals surface area contributed by atoms with E-state index in [4.69, 9.17) is 0 Å². The largest absolute Gasteiger partial charge is 0.0725 e. The summed E-state index contributed by atoms with van der Waals surface area (Å²) < 4.78 is 0. The summed E-state index contributed by atoms with van der Waals surface area (Å²) in [6.45, 7) is 0. The van der Waals surface area contributed by atoms with Crippen molar-refractivity contribution in [2.75, 3.05) is 0 Å². The Morgan fingerprint density at radius 2 is 0.711 bits per heavy atom. The van der Waals surface area contributed by atoms with Crippen LogP contribution in [0.1, 0.15) is 22.3 Å². The molecule has 208 valence electrons. The van der Waals surface area contributed by atoms with Gasteiger partial charge in [0, 0.05) is 0 Å². The molecule has 8 aromatic carbocycles. The minimum absolute atomic E-state index is 0.396. The summed E-state index contributed by atoms with van der Waals surface area (Å²) in [4.78, 5) is 0. The summed E-state index contributed by atoms with van der Waals surface area (Å²) in [6.07, 6.45) is 0. The molecule has 0 radical (unpaired) electrons. The van der Waals surface area contributed by atoms with Gasteiger partial charge in [-0.25, -0.2) is 0 Å². The maximum Gasteiger partial charge on any atom is 0.0725 e. The van der Waals surface area contributed by atoms with Gasteiger partial charge in [0.1, 0.15) is 0 Å². The van der Waals surface area contributed by atoms with E-state index in [1.165, 1.54) is 88.3 Å². The number of hydrogen-bond acceptors (Lipinski definition) is 0. The highest BCUT2D eigenvalue weighted by Crippen LogP contribution is 2.63. The van der Waals surface area contributed by atoms with Crippen LogP contribution in [0.4, 0.5) is 0 Å². The fourth-order valence-electron chi connectivity index (χ4n) is 8.58. The van der Waals surface area contributed by atoms with Crippen LogP contribution >= 0.6 is 0 Å². The molecule has 0 saturated carbocycles. The Morgan fingerprint density at radius 3 is 1.38 bits per heavy atom. The first-order valence-corrected chi connectivity index (χ1v) is 15.8. The molecule has 0 aromatic heterocycles. The van der Waals surface area contributed by atoms with E-state index in [-0.39, 0.29) is 0 Å². The summed E-state index contributed by atoms with van der Waals surface area (Å²) in [6, 6.07) is 63.2. The van der Waals surface area contributed by atoms with Gasteiger partial charge in [0.25, 0.3) is 0 Å². The smallest absolute Gasteiger partial charge is 0.0622 e. The Kier molecular flexibility index (Phi) is 5.02. The maximum absolute atomic E-state index is 2.40. The van der Waals surface area contributed by atoms with Gasteiger partial charge in [0.05, 0.1) is 5.41 Å². The Bertz CT molecular complexity index is 2420. The van der Waals surface area contributed by atoms with Gasteiger partial charge in [0.15, 0.2) is 0 Å². The van der Waals surface area contributed by atoms with Crippen molar-refractivity contribution in [2.24, 2.45) is 0 Å². The minimum atomic E-state index is -0.396. The molecule has 0 heterocycles. The van der Waals surface area contributed by atoms with E-state index in [1.807, 2.05) is 0 Å². The van der Waals surface area contributed by atoms with Gasteiger partial charge in [-0.15, -0.1) is 0 Å². The predicted octanol–water partition coefficient (Wildman–Crippen LogP) is 11.7. The van der Waals surface area contributed by atoms with Crippen molar-refractivity contribution >= 4 is 21.5 Å². The summed E-state index contributed by atoms with van der Waals surface area (Å²) in [5.41, 5.74) is 15.5. The van der Waals surface area contributed by atoms with Crippen LogP contribution in [0.15, 0.2) is 170 Å². The van der Waals surface area contributed by atoms with Crippen LogP contribution in [0.2, 0.25) is 0 Å². The van der Waals surface area contributed by atoms with Crippen molar-refractivity contribution in [3.05, 3.63) is 192 Å². The second kappa shape index (κ2) is 9.14. The van der Waals surface area contributed by atoms with Crippen LogP contribution in [0, 0.1) is 0 Å². The highest BCUT2D eigenvalue weighted by Gasteiger charge is 2.50. The highest BCUT2D eigenvalue weighted by molar-refractivity contribution is 6.24. The first kappa shape index (κ1) is 24.7. The van der Waals surface area contributed by atoms with Crippen LogP contribution in [-0.4, -0.2) is 0 Å². The highest BCUT2D eigenvalue weighted by atomic mass is 14.5. The van der Waals surface area contributed by atoms with Gasteiger partial charge in [-0.3, -0.25) is 0 Å². The second-order valence-electron chi connectivity index (χ2n) is 12.4. The number of benzene rings is 8. The van der Waals surface area contributed by atoms with Crippen molar-refractivity contribution in [1.82, 2.24) is 0 Å². The molecule has 8 aromatic rings. The standard InChI is InChI=1S/C45H28/c1-2-13-29(14-3-1)30-25-27-31(28-26-30)42-34-17-4-5-18-35(34)43-36-19-8-11-23-40(36)45(41-24-12-20-37(42)44(41)43)38-21-9-6-15-32(38)33-16-7-10-22-39(33)45/h1-28H. The Hall–Kier alpha value is -5.72. The third-order valence-corrected chi connectivity index (χ3v) is 10.3. The number of fused-ring (bicyclic) bond motifs is 11. The van der Waals surface area contributed by atoms with E-state index in [9.17, 15) is 0 Å². The molecule has 10 rings (SSSR count). The van der Waals surface area contributed by atoms with Crippen LogP contribution < -0.4 is 0 Å². The normalized spacial score (nSPS) is 13.5. The molecule has 0 nitrogen and oxygen atoms in total. The molecule has 0 bridgehead atoms. The third kappa shape index (κ3) is 3.16. The lowest BCUT2D eigenvalue weighted by atomic mass is 9.60. The summed E-state index contributed by atoms with van der Waals surface area (Å²) in [7, 11) is 0. The summed E-state index contributed by atoms with van der Waals surface area (Å²) >= 11 is 0. The quantitative estimate of drug-likeness (QED) is 0.182. The Morgan fingerprint density at radius 1 is 0.267 bits per heavy atom. The average Bonchev–Trinajstić information content (AvgIpc) is 3.41. The zero-order valence-corrected chi connectivity index (χ0v) is 24.7. The van der Waals surface area contributed by atoms with E-state index in [0.29, 0.717) is 0 Å². The maximum atomic E-state index is 2.40. The third-order valence-electron chi connectivity index (χ3n) is 10.3. The van der Waals surface area contributed by atoms with E-state index in [2.05, 4.69) is 170 Å². The van der Waals surface area contributed by atoms with E-state index >= 15 is 0 Å². The molecular formula is C45H28. The van der Waals surface area contributed by atoms with Crippen molar-refractivity contribution in [1.29, 1.82) is 0 Å². The molecular weight excluding hydrogens is 540 g/mol. The fraction of sp³-hybridized carbons (Fsp3) is 0.0222. The summed E-state index contributed by atoms with van der Waals surface area (Å²) in [5, 5.41) is 5.27. The Labute approximate surface area is 262 Å². The van der Waals surface area contributed by atoms with E-state index in [0.717, 1.165) is 0 Å². The summed E-state index contributed by atoms with van der Waals surface area (Å²) in [5.74, 6) is 0. The predicted molar refractivity (Wildman–Crippen MR) is 189 cm³/mol. The van der Waals surface area contributed by atoms with Gasteiger partial charge in [-0.05, 0) is 88.3 Å². The second-order valence-corrected chi connectivity index (χ2v) is 12.4. The topological polar surface area (TPSA) is 0 Å². The lowest BCUT2D eigenvalue weighted by Crippen LogP contribution is -2.31. The lowest BCUT2D eigenvalue weighted by Gasteiger charge is -2.40. The van der Waals surface area contributed by atoms with Crippen molar-refractivity contribution < 1.29 is 0 Å². The van der Waals surface area contributed by atoms with Crippen LogP contribution in [-0.2, 0) is 5.41 Å². The van der Waals surface area contributed by atoms with Gasteiger partial charge in [0.2, 0.25) is 0 Å². The first-order valence-electron chi connectivity index (χ1n) is 15.8. The van der Waals surface area contributed by atoms with Gasteiger partial charge < -0.3 is 0 Å². The first-order chi connectivity index (χ1) is 22.4. The van der Waals surface area contributed by atoms with Gasteiger partial charge in [-0.1, -0.05) is 170 Å². The minimum Gasteiger partial charge on any atom is -0.0622 e. The molecule has 0 heteroatoms. The molecule has 45 heavy (non-hydrogen) atoms. The molecule has 0 amide bonds. The molecule has 0 N–H and O–H groups in total. The molecule has 1 spiro atoms. The van der Waals surface area contributed by atoms with Gasteiger partial charge in [-0.2, -0.15) is 0 Å². The Balaban J connectivity index is 1.37. The fourth-order valence-corrected chi connectivity index (χ4v) is 8.58. The molecule has 0 atom stereocenters. The molecule has 0 unspecified atom stereocenters. The van der Waals surface area contributed by atoms with Crippen LogP contribution in [0.25, 0.3) is 66.1 Å². The average molecular weight is 569 g/mol. The van der Waals surface area contributed by atoms with Gasteiger partial charge >= 0.3 is 0 Å². The molecule has 2 aliphatic carbocycles. The van der Waals surface area contributed by atoms with E-state index < -0.39 is 5.41 Å². The van der Waals surface area contributed by atoms with Crippen LogP contribution in [0.3, 0.4) is 0 Å². The lowest BCUT2D eigenvalue weighted by molar-refractivity contribution is 0.774. The van der Waals surface area contributed by atoms with Crippen molar-refractivity contribution in [3.63, 3.8) is 0 Å². The zero-order valence-electron chi connectivity index (χ0n) is 24.7.